The topological polar surface area (TPSA) is 66.4 Å². The van der Waals surface area contributed by atoms with Crippen LogP contribution in [0.4, 0.5) is 5.13 Å². The van der Waals surface area contributed by atoms with Crippen molar-refractivity contribution < 1.29 is 4.79 Å². The molecule has 3 aromatic rings. The predicted molar refractivity (Wildman–Crippen MR) is 93.4 cm³/mol. The fourth-order valence-electron chi connectivity index (χ4n) is 2.47. The molecule has 0 atom stereocenters. The highest BCUT2D eigenvalue weighted by Gasteiger charge is 2.12. The van der Waals surface area contributed by atoms with E-state index in [1.165, 1.54) is 11.3 Å². The Kier molecular flexibility index (Phi) is 3.51. The van der Waals surface area contributed by atoms with Gasteiger partial charge in [-0.15, -0.1) is 0 Å². The highest BCUT2D eigenvalue weighted by Crippen LogP contribution is 2.25. The number of carbonyl (C=O) groups excluding carboxylic acids is 1. The molecule has 5 nitrogen and oxygen atoms in total. The summed E-state index contributed by atoms with van der Waals surface area (Å²) in [7, 11) is 0. The first-order chi connectivity index (χ1) is 11.3. The molecule has 114 valence electrons. The van der Waals surface area contributed by atoms with Gasteiger partial charge in [-0.3, -0.25) is 15.1 Å². The number of carbonyl (C=O) groups is 1. The number of para-hydroxylation sites is 1. The molecule has 6 heteroatoms. The maximum atomic E-state index is 12.3. The van der Waals surface area contributed by atoms with Crippen LogP contribution in [0, 0.1) is 0 Å². The second kappa shape index (κ2) is 5.81. The van der Waals surface area contributed by atoms with Gasteiger partial charge in [-0.2, -0.15) is 0 Å². The number of anilines is 1. The van der Waals surface area contributed by atoms with E-state index in [0.29, 0.717) is 10.7 Å². The van der Waals surface area contributed by atoms with E-state index < -0.39 is 0 Å². The number of rotatable bonds is 3. The van der Waals surface area contributed by atoms with Gasteiger partial charge in [0.2, 0.25) is 0 Å². The number of nitrogens with zero attached hydrogens (tertiary/aromatic N) is 2. The Hall–Kier alpha value is -2.73. The standard InChI is InChI=1S/C17H14N4OS/c22-16(21-17-20-13-3-1-2-4-14(13)23-17)12-7-5-11(6-8-12)15-18-9-10-19-15/h1-8H,9-10H2,(H,18,19)(H,20,21,22). The molecule has 2 heterocycles. The number of nitrogens with one attached hydrogen (secondary N) is 2. The Labute approximate surface area is 137 Å². The van der Waals surface area contributed by atoms with Crippen LogP contribution in [0.2, 0.25) is 0 Å². The van der Waals surface area contributed by atoms with E-state index in [1.54, 1.807) is 12.1 Å². The highest BCUT2D eigenvalue weighted by atomic mass is 32.1. The van der Waals surface area contributed by atoms with Crippen molar-refractivity contribution in [2.45, 2.75) is 0 Å². The lowest BCUT2D eigenvalue weighted by molar-refractivity contribution is 0.102. The molecule has 1 aromatic heterocycles. The normalized spacial score (nSPS) is 13.7. The Morgan fingerprint density at radius 3 is 2.70 bits per heavy atom. The number of amides is 1. The summed E-state index contributed by atoms with van der Waals surface area (Å²) in [6.07, 6.45) is 0. The monoisotopic (exact) mass is 322 g/mol. The highest BCUT2D eigenvalue weighted by molar-refractivity contribution is 7.22. The molecule has 0 bridgehead atoms. The maximum Gasteiger partial charge on any atom is 0.257 e. The summed E-state index contributed by atoms with van der Waals surface area (Å²) >= 11 is 1.47. The average molecular weight is 322 g/mol. The molecule has 0 fully saturated rings. The Bertz CT molecular complexity index is 865. The van der Waals surface area contributed by atoms with Crippen LogP contribution in [-0.2, 0) is 0 Å². The molecule has 2 aromatic carbocycles. The average Bonchev–Trinajstić information content (AvgIpc) is 3.24. The van der Waals surface area contributed by atoms with E-state index in [9.17, 15) is 4.79 Å². The summed E-state index contributed by atoms with van der Waals surface area (Å²) in [5.41, 5.74) is 2.50. The Morgan fingerprint density at radius 1 is 1.13 bits per heavy atom. The smallest absolute Gasteiger partial charge is 0.257 e. The zero-order valence-electron chi connectivity index (χ0n) is 12.2. The van der Waals surface area contributed by atoms with Crippen LogP contribution in [0.25, 0.3) is 10.2 Å². The van der Waals surface area contributed by atoms with Crippen LogP contribution in [0.3, 0.4) is 0 Å². The van der Waals surface area contributed by atoms with Gasteiger partial charge in [0.05, 0.1) is 16.8 Å². The molecule has 2 N–H and O–H groups in total. The molecule has 0 saturated carbocycles. The summed E-state index contributed by atoms with van der Waals surface area (Å²) in [6, 6.07) is 15.3. The van der Waals surface area contributed by atoms with Crippen LogP contribution >= 0.6 is 11.3 Å². The lowest BCUT2D eigenvalue weighted by Crippen LogP contribution is -2.19. The summed E-state index contributed by atoms with van der Waals surface area (Å²) in [5, 5.41) is 6.69. The zero-order valence-corrected chi connectivity index (χ0v) is 13.1. The lowest BCUT2D eigenvalue weighted by atomic mass is 10.1. The number of fused-ring (bicyclic) bond motifs is 1. The van der Waals surface area contributed by atoms with Crippen LogP contribution in [-0.4, -0.2) is 29.8 Å². The van der Waals surface area contributed by atoms with Gasteiger partial charge < -0.3 is 5.32 Å². The van der Waals surface area contributed by atoms with Crippen molar-refractivity contribution in [3.05, 3.63) is 59.7 Å². The van der Waals surface area contributed by atoms with E-state index in [4.69, 9.17) is 0 Å². The van der Waals surface area contributed by atoms with Crippen molar-refractivity contribution in [2.24, 2.45) is 4.99 Å². The first kappa shape index (κ1) is 13.9. The Morgan fingerprint density at radius 2 is 1.96 bits per heavy atom. The molecule has 0 unspecified atom stereocenters. The van der Waals surface area contributed by atoms with Gasteiger partial charge in [-0.05, 0) is 24.3 Å². The van der Waals surface area contributed by atoms with Crippen LogP contribution < -0.4 is 10.6 Å². The molecular weight excluding hydrogens is 308 g/mol. The van der Waals surface area contributed by atoms with E-state index in [0.717, 1.165) is 34.7 Å². The second-order valence-electron chi connectivity index (χ2n) is 5.18. The van der Waals surface area contributed by atoms with Crippen molar-refractivity contribution in [3.63, 3.8) is 0 Å². The predicted octanol–water partition coefficient (Wildman–Crippen LogP) is 2.90. The third-order valence-electron chi connectivity index (χ3n) is 3.61. The zero-order chi connectivity index (χ0) is 15.6. The summed E-state index contributed by atoms with van der Waals surface area (Å²) in [5.74, 6) is 0.736. The fraction of sp³-hybridized carbons (Fsp3) is 0.118. The molecule has 4 rings (SSSR count). The molecule has 1 aliphatic heterocycles. The van der Waals surface area contributed by atoms with Gasteiger partial charge >= 0.3 is 0 Å². The van der Waals surface area contributed by atoms with Crippen molar-refractivity contribution in [1.29, 1.82) is 0 Å². The van der Waals surface area contributed by atoms with Gasteiger partial charge in [0, 0.05) is 17.7 Å². The largest absolute Gasteiger partial charge is 0.368 e. The lowest BCUT2D eigenvalue weighted by Gasteiger charge is -2.04. The molecule has 0 spiro atoms. The van der Waals surface area contributed by atoms with E-state index >= 15 is 0 Å². The second-order valence-corrected chi connectivity index (χ2v) is 6.21. The van der Waals surface area contributed by atoms with Crippen molar-refractivity contribution in [3.8, 4) is 0 Å². The van der Waals surface area contributed by atoms with Crippen molar-refractivity contribution in [2.75, 3.05) is 18.4 Å². The minimum absolute atomic E-state index is 0.156. The number of benzene rings is 2. The number of hydrogen-bond donors (Lipinski definition) is 2. The van der Waals surface area contributed by atoms with Gasteiger partial charge in [0.15, 0.2) is 5.13 Å². The minimum atomic E-state index is -0.156. The van der Waals surface area contributed by atoms with E-state index in [1.807, 2.05) is 36.4 Å². The number of thiazole rings is 1. The molecule has 1 amide bonds. The van der Waals surface area contributed by atoms with Crippen molar-refractivity contribution >= 4 is 38.4 Å². The third-order valence-corrected chi connectivity index (χ3v) is 4.56. The van der Waals surface area contributed by atoms with Crippen LogP contribution in [0.1, 0.15) is 15.9 Å². The summed E-state index contributed by atoms with van der Waals surface area (Å²) < 4.78 is 1.06. The first-order valence-electron chi connectivity index (χ1n) is 7.35. The number of hydrogen-bond acceptors (Lipinski definition) is 5. The van der Waals surface area contributed by atoms with E-state index in [2.05, 4.69) is 20.6 Å². The van der Waals surface area contributed by atoms with E-state index in [-0.39, 0.29) is 5.91 Å². The Balaban J connectivity index is 1.52. The van der Waals surface area contributed by atoms with Crippen LogP contribution in [0.15, 0.2) is 53.5 Å². The summed E-state index contributed by atoms with van der Waals surface area (Å²) in [4.78, 5) is 21.1. The van der Waals surface area contributed by atoms with Gasteiger partial charge in [-0.1, -0.05) is 35.6 Å². The van der Waals surface area contributed by atoms with Crippen LogP contribution in [0.5, 0.6) is 0 Å². The maximum absolute atomic E-state index is 12.3. The quantitative estimate of drug-likeness (QED) is 0.779. The number of aromatic nitrogens is 1. The molecule has 23 heavy (non-hydrogen) atoms. The van der Waals surface area contributed by atoms with Crippen molar-refractivity contribution in [1.82, 2.24) is 10.3 Å². The third kappa shape index (κ3) is 2.80. The number of aliphatic imine (C=N–C) groups is 1. The summed E-state index contributed by atoms with van der Waals surface area (Å²) in [6.45, 7) is 1.67. The minimum Gasteiger partial charge on any atom is -0.368 e. The first-order valence-corrected chi connectivity index (χ1v) is 8.17. The van der Waals surface area contributed by atoms with Gasteiger partial charge in [0.25, 0.3) is 5.91 Å². The van der Waals surface area contributed by atoms with Gasteiger partial charge in [-0.25, -0.2) is 4.98 Å². The fourth-order valence-corrected chi connectivity index (χ4v) is 3.33. The van der Waals surface area contributed by atoms with Gasteiger partial charge in [0.1, 0.15) is 5.84 Å². The number of amidine groups is 1. The SMILES string of the molecule is O=C(Nc1nc2ccccc2s1)c1ccc(C2=NCCN2)cc1. The molecule has 1 aliphatic rings. The molecular formula is C17H14N4OS. The molecule has 0 radical (unpaired) electrons. The molecule has 0 aliphatic carbocycles. The molecule has 0 saturated heterocycles.